The van der Waals surface area contributed by atoms with E-state index in [9.17, 15) is 4.79 Å². The molecule has 4 nitrogen and oxygen atoms in total. The fraction of sp³-hybridized carbons (Fsp3) is 0.450. The van der Waals surface area contributed by atoms with Gasteiger partial charge in [-0.05, 0) is 50.6 Å². The normalized spacial score (nSPS) is 14.8. The van der Waals surface area contributed by atoms with E-state index in [1.165, 1.54) is 0 Å². The van der Waals surface area contributed by atoms with E-state index in [2.05, 4.69) is 11.9 Å². The molecule has 2 heterocycles. The third-order valence-corrected chi connectivity index (χ3v) is 4.92. The Labute approximate surface area is 165 Å². The number of benzene rings is 1. The zero-order valence-corrected chi connectivity index (χ0v) is 17.0. The van der Waals surface area contributed by atoms with Crippen LogP contribution in [0.3, 0.4) is 0 Å². The molecule has 0 saturated heterocycles. The first-order chi connectivity index (χ1) is 12.0. The average molecular weight is 398 g/mol. The molecule has 0 unspecified atom stereocenters. The topological polar surface area (TPSA) is 42.7 Å². The summed E-state index contributed by atoms with van der Waals surface area (Å²) in [7, 11) is 2.09. The standard InChI is InChI=1S/C20H24ClNO3.ClH/c1-4-6-13(20(23)24-5-2)11-18-15-12-22(3)10-9-14-16(21)7-8-17(25-18)19(14)15;/h7-8,11H,4-6,9-10,12H2,1-3H3;1H/b13-11+;. The molecular formula is C20H25Cl2NO3. The van der Waals surface area contributed by atoms with Crippen molar-refractivity contribution in [3.05, 3.63) is 39.6 Å². The SMILES string of the molecule is CCC/C(=C\c1oc2ccc(Cl)c3c2c1CN(C)CC3)C(=O)OCC.Cl. The molecule has 6 heteroatoms. The quantitative estimate of drug-likeness (QED) is 0.510. The molecule has 0 spiro atoms. The molecule has 142 valence electrons. The molecule has 0 radical (unpaired) electrons. The van der Waals surface area contributed by atoms with Crippen molar-refractivity contribution in [2.45, 2.75) is 39.7 Å². The van der Waals surface area contributed by atoms with Crippen LogP contribution in [-0.4, -0.2) is 31.1 Å². The fourth-order valence-corrected chi connectivity index (χ4v) is 3.63. The van der Waals surface area contributed by atoms with E-state index in [-0.39, 0.29) is 18.4 Å². The van der Waals surface area contributed by atoms with Gasteiger partial charge in [-0.15, -0.1) is 12.4 Å². The minimum Gasteiger partial charge on any atom is -0.463 e. The third kappa shape index (κ3) is 4.08. The maximum absolute atomic E-state index is 12.3. The van der Waals surface area contributed by atoms with E-state index in [0.717, 1.165) is 58.8 Å². The number of hydrogen-bond acceptors (Lipinski definition) is 4. The van der Waals surface area contributed by atoms with E-state index >= 15 is 0 Å². The lowest BCUT2D eigenvalue weighted by Crippen LogP contribution is -2.18. The molecule has 1 aliphatic heterocycles. The van der Waals surface area contributed by atoms with Gasteiger partial charge in [-0.1, -0.05) is 24.9 Å². The molecule has 3 rings (SSSR count). The van der Waals surface area contributed by atoms with Crippen molar-refractivity contribution in [1.82, 2.24) is 4.90 Å². The van der Waals surface area contributed by atoms with Gasteiger partial charge in [-0.2, -0.15) is 0 Å². The first-order valence-electron chi connectivity index (χ1n) is 8.84. The lowest BCUT2D eigenvalue weighted by atomic mass is 10.0. The summed E-state index contributed by atoms with van der Waals surface area (Å²) in [4.78, 5) is 14.5. The van der Waals surface area contributed by atoms with Gasteiger partial charge in [0.15, 0.2) is 0 Å². The summed E-state index contributed by atoms with van der Waals surface area (Å²) in [5, 5.41) is 1.88. The largest absolute Gasteiger partial charge is 0.463 e. The molecule has 0 atom stereocenters. The van der Waals surface area contributed by atoms with E-state index in [0.29, 0.717) is 18.6 Å². The molecule has 0 aliphatic carbocycles. The maximum atomic E-state index is 12.3. The van der Waals surface area contributed by atoms with Gasteiger partial charge in [0.2, 0.25) is 0 Å². The van der Waals surface area contributed by atoms with Crippen molar-refractivity contribution in [3.63, 3.8) is 0 Å². The van der Waals surface area contributed by atoms with E-state index in [1.807, 2.05) is 32.1 Å². The van der Waals surface area contributed by atoms with Gasteiger partial charge in [0.05, 0.1) is 6.61 Å². The predicted octanol–water partition coefficient (Wildman–Crippen LogP) is 5.24. The molecule has 0 amide bonds. The van der Waals surface area contributed by atoms with Crippen LogP contribution in [0.15, 0.2) is 22.1 Å². The predicted molar refractivity (Wildman–Crippen MR) is 108 cm³/mol. The number of carbonyl (C=O) groups excluding carboxylic acids is 1. The molecule has 0 saturated carbocycles. The number of nitrogens with zero attached hydrogens (tertiary/aromatic N) is 1. The van der Waals surface area contributed by atoms with Crippen LogP contribution in [0.4, 0.5) is 0 Å². The Hall–Kier alpha value is -1.49. The second-order valence-corrected chi connectivity index (χ2v) is 6.88. The Kier molecular flexibility index (Phi) is 7.16. The molecule has 0 fully saturated rings. The Morgan fingerprint density at radius 1 is 1.35 bits per heavy atom. The summed E-state index contributed by atoms with van der Waals surface area (Å²) in [6.45, 7) is 5.95. The van der Waals surface area contributed by atoms with E-state index in [4.69, 9.17) is 20.8 Å². The molecule has 0 N–H and O–H groups in total. The van der Waals surface area contributed by atoms with Crippen LogP contribution >= 0.6 is 24.0 Å². The lowest BCUT2D eigenvalue weighted by molar-refractivity contribution is -0.138. The highest BCUT2D eigenvalue weighted by molar-refractivity contribution is 6.32. The number of hydrogen-bond donors (Lipinski definition) is 0. The Balaban J connectivity index is 0.00000243. The van der Waals surface area contributed by atoms with Crippen LogP contribution in [0.5, 0.6) is 0 Å². The first-order valence-corrected chi connectivity index (χ1v) is 9.21. The van der Waals surface area contributed by atoms with Crippen molar-refractivity contribution in [1.29, 1.82) is 0 Å². The second-order valence-electron chi connectivity index (χ2n) is 6.47. The summed E-state index contributed by atoms with van der Waals surface area (Å²) in [6, 6.07) is 3.81. The van der Waals surface area contributed by atoms with Gasteiger partial charge in [0.1, 0.15) is 11.3 Å². The summed E-state index contributed by atoms with van der Waals surface area (Å²) in [6.07, 6.45) is 4.28. The highest BCUT2D eigenvalue weighted by Crippen LogP contribution is 2.37. The molecule has 0 bridgehead atoms. The van der Waals surface area contributed by atoms with E-state index < -0.39 is 0 Å². The summed E-state index contributed by atoms with van der Waals surface area (Å²) < 4.78 is 11.3. The third-order valence-electron chi connectivity index (χ3n) is 4.57. The van der Waals surface area contributed by atoms with Crippen LogP contribution in [0, 0.1) is 0 Å². The van der Waals surface area contributed by atoms with Crippen molar-refractivity contribution in [2.24, 2.45) is 0 Å². The van der Waals surface area contributed by atoms with Gasteiger partial charge in [-0.25, -0.2) is 4.79 Å². The van der Waals surface area contributed by atoms with Crippen LogP contribution < -0.4 is 0 Å². The Morgan fingerprint density at radius 2 is 2.12 bits per heavy atom. The monoisotopic (exact) mass is 397 g/mol. The Morgan fingerprint density at radius 3 is 2.81 bits per heavy atom. The van der Waals surface area contributed by atoms with Crippen LogP contribution in [-0.2, 0) is 22.5 Å². The number of halogens is 2. The highest BCUT2D eigenvalue weighted by Gasteiger charge is 2.23. The molecule has 1 aliphatic rings. The minimum absolute atomic E-state index is 0. The minimum atomic E-state index is -0.266. The van der Waals surface area contributed by atoms with Gasteiger partial charge in [-0.3, -0.25) is 0 Å². The van der Waals surface area contributed by atoms with Crippen LogP contribution in [0.1, 0.15) is 43.6 Å². The van der Waals surface area contributed by atoms with Gasteiger partial charge < -0.3 is 14.1 Å². The summed E-state index contributed by atoms with van der Waals surface area (Å²) in [5.74, 6) is 0.473. The summed E-state index contributed by atoms with van der Waals surface area (Å²) in [5.41, 5.74) is 3.72. The lowest BCUT2D eigenvalue weighted by Gasteiger charge is -2.13. The highest BCUT2D eigenvalue weighted by atomic mass is 35.5. The van der Waals surface area contributed by atoms with Crippen molar-refractivity contribution < 1.29 is 13.9 Å². The summed E-state index contributed by atoms with van der Waals surface area (Å²) >= 11 is 6.44. The van der Waals surface area contributed by atoms with Gasteiger partial charge >= 0.3 is 5.97 Å². The molecule has 1 aromatic heterocycles. The zero-order chi connectivity index (χ0) is 18.0. The molecule has 1 aromatic carbocycles. The molecule has 26 heavy (non-hydrogen) atoms. The fourth-order valence-electron chi connectivity index (χ4n) is 3.37. The van der Waals surface area contributed by atoms with Crippen molar-refractivity contribution in [2.75, 3.05) is 20.2 Å². The average Bonchev–Trinajstić information content (AvgIpc) is 2.80. The first kappa shape index (κ1) is 20.8. The molecular weight excluding hydrogens is 373 g/mol. The van der Waals surface area contributed by atoms with Gasteiger partial charge in [0, 0.05) is 34.6 Å². The maximum Gasteiger partial charge on any atom is 0.334 e. The smallest absolute Gasteiger partial charge is 0.334 e. The number of furan rings is 1. The van der Waals surface area contributed by atoms with Crippen LogP contribution in [0.2, 0.25) is 5.02 Å². The zero-order valence-electron chi connectivity index (χ0n) is 15.4. The number of esters is 1. The van der Waals surface area contributed by atoms with Crippen molar-refractivity contribution >= 4 is 47.0 Å². The molecule has 2 aromatic rings. The number of ether oxygens (including phenoxy) is 1. The van der Waals surface area contributed by atoms with E-state index in [1.54, 1.807) is 0 Å². The second kappa shape index (κ2) is 8.94. The Bertz CT molecular complexity index is 826. The number of likely N-dealkylation sites (N-methyl/N-ethyl adjacent to an activating group) is 1. The van der Waals surface area contributed by atoms with Crippen molar-refractivity contribution in [3.8, 4) is 0 Å². The van der Waals surface area contributed by atoms with Gasteiger partial charge in [0.25, 0.3) is 0 Å². The number of rotatable bonds is 5. The van der Waals surface area contributed by atoms with Crippen LogP contribution in [0.25, 0.3) is 17.0 Å². The number of carbonyl (C=O) groups is 1.